The predicted octanol–water partition coefficient (Wildman–Crippen LogP) is 2.80. The van der Waals surface area contributed by atoms with Crippen molar-refractivity contribution in [2.45, 2.75) is 13.8 Å². The van der Waals surface area contributed by atoms with Gasteiger partial charge in [-0.3, -0.25) is 5.43 Å². The van der Waals surface area contributed by atoms with Gasteiger partial charge in [0.25, 0.3) is 0 Å². The fourth-order valence-electron chi connectivity index (χ4n) is 1.99. The first-order chi connectivity index (χ1) is 11.2. The maximum atomic E-state index is 11.7. The Balaban J connectivity index is 1.66. The van der Waals surface area contributed by atoms with Crippen molar-refractivity contribution in [2.24, 2.45) is 5.10 Å². The van der Waals surface area contributed by atoms with Crippen molar-refractivity contribution in [1.29, 1.82) is 0 Å². The predicted molar refractivity (Wildman–Crippen MR) is 86.6 cm³/mol. The molecule has 0 aliphatic carbocycles. The van der Waals surface area contributed by atoms with Gasteiger partial charge >= 0.3 is 5.97 Å². The molecule has 1 aromatic carbocycles. The Morgan fingerprint density at radius 3 is 3.13 bits per heavy atom. The lowest BCUT2D eigenvalue weighted by Crippen LogP contribution is -2.03. The van der Waals surface area contributed by atoms with Gasteiger partial charge in [-0.15, -0.1) is 0 Å². The van der Waals surface area contributed by atoms with Gasteiger partial charge in [0.05, 0.1) is 18.5 Å². The number of thiazole rings is 1. The number of fused-ring (bicyclic) bond motifs is 1. The van der Waals surface area contributed by atoms with Crippen molar-refractivity contribution < 1.29 is 19.0 Å². The number of hydrazone groups is 1. The molecule has 0 saturated carbocycles. The molecule has 2 aromatic rings. The highest BCUT2D eigenvalue weighted by atomic mass is 32.1. The summed E-state index contributed by atoms with van der Waals surface area (Å²) < 4.78 is 15.5. The summed E-state index contributed by atoms with van der Waals surface area (Å²) >= 11 is 1.21. The fourth-order valence-corrected chi connectivity index (χ4v) is 2.80. The first kappa shape index (κ1) is 15.3. The van der Waals surface area contributed by atoms with E-state index < -0.39 is 0 Å². The number of aryl methyl sites for hydroxylation is 1. The maximum Gasteiger partial charge on any atom is 0.350 e. The van der Waals surface area contributed by atoms with Crippen LogP contribution in [-0.2, 0) is 4.74 Å². The van der Waals surface area contributed by atoms with Crippen LogP contribution in [-0.4, -0.2) is 30.6 Å². The number of hydrogen-bond acceptors (Lipinski definition) is 8. The molecule has 1 aliphatic rings. The maximum absolute atomic E-state index is 11.7. The third-order valence-corrected chi connectivity index (χ3v) is 4.07. The van der Waals surface area contributed by atoms with E-state index in [0.717, 1.165) is 11.3 Å². The van der Waals surface area contributed by atoms with Gasteiger partial charge in [-0.2, -0.15) is 5.10 Å². The Bertz CT molecular complexity index is 757. The molecular weight excluding hydrogens is 318 g/mol. The van der Waals surface area contributed by atoms with Gasteiger partial charge in [-0.05, 0) is 37.6 Å². The normalized spacial score (nSPS) is 12.6. The van der Waals surface area contributed by atoms with Crippen LogP contribution < -0.4 is 14.9 Å². The van der Waals surface area contributed by atoms with Crippen LogP contribution in [0.4, 0.5) is 5.13 Å². The largest absolute Gasteiger partial charge is 0.462 e. The summed E-state index contributed by atoms with van der Waals surface area (Å²) in [5, 5.41) is 4.65. The van der Waals surface area contributed by atoms with Gasteiger partial charge in [0.2, 0.25) is 11.9 Å². The van der Waals surface area contributed by atoms with Crippen molar-refractivity contribution in [3.05, 3.63) is 34.3 Å². The van der Waals surface area contributed by atoms with E-state index >= 15 is 0 Å². The van der Waals surface area contributed by atoms with Gasteiger partial charge in [-0.1, -0.05) is 11.3 Å². The number of hydrogen-bond donors (Lipinski definition) is 1. The zero-order valence-corrected chi connectivity index (χ0v) is 13.5. The van der Waals surface area contributed by atoms with Crippen molar-refractivity contribution >= 4 is 28.7 Å². The van der Waals surface area contributed by atoms with E-state index in [1.54, 1.807) is 20.1 Å². The average molecular weight is 333 g/mol. The SMILES string of the molecule is CCOC(=O)c1sc(N/N=C/c2ccc3c(c2)OCO3)nc1C. The summed E-state index contributed by atoms with van der Waals surface area (Å²) in [6, 6.07) is 5.54. The van der Waals surface area contributed by atoms with E-state index in [0.29, 0.717) is 28.1 Å². The minimum absolute atomic E-state index is 0.239. The number of nitrogens with zero attached hydrogens (tertiary/aromatic N) is 2. The molecule has 0 atom stereocenters. The molecule has 3 rings (SSSR count). The topological polar surface area (TPSA) is 82.0 Å². The van der Waals surface area contributed by atoms with Crippen LogP contribution in [0, 0.1) is 6.92 Å². The summed E-state index contributed by atoms with van der Waals surface area (Å²) in [6.45, 7) is 4.10. The fraction of sp³-hybridized carbons (Fsp3) is 0.267. The van der Waals surface area contributed by atoms with Gasteiger partial charge in [-0.25, -0.2) is 9.78 Å². The molecule has 0 bridgehead atoms. The zero-order chi connectivity index (χ0) is 16.2. The van der Waals surface area contributed by atoms with Crippen LogP contribution in [0.3, 0.4) is 0 Å². The van der Waals surface area contributed by atoms with Crippen LogP contribution >= 0.6 is 11.3 Å². The van der Waals surface area contributed by atoms with E-state index in [1.165, 1.54) is 11.3 Å². The molecule has 0 unspecified atom stereocenters. The average Bonchev–Trinajstić information content (AvgIpc) is 3.13. The molecule has 1 aliphatic heterocycles. The Labute approximate surface area is 136 Å². The Morgan fingerprint density at radius 2 is 2.30 bits per heavy atom. The molecule has 0 amide bonds. The number of benzene rings is 1. The molecule has 120 valence electrons. The van der Waals surface area contributed by atoms with Crippen LogP contribution in [0.2, 0.25) is 0 Å². The molecule has 7 nitrogen and oxygen atoms in total. The van der Waals surface area contributed by atoms with Crippen molar-refractivity contribution in [3.8, 4) is 11.5 Å². The zero-order valence-electron chi connectivity index (χ0n) is 12.7. The second-order valence-corrected chi connectivity index (χ2v) is 5.64. The Kier molecular flexibility index (Phi) is 4.42. The number of carbonyl (C=O) groups excluding carboxylic acids is 1. The van der Waals surface area contributed by atoms with Gasteiger partial charge in [0, 0.05) is 0 Å². The first-order valence-corrected chi connectivity index (χ1v) is 7.82. The highest BCUT2D eigenvalue weighted by Gasteiger charge is 2.16. The highest BCUT2D eigenvalue weighted by molar-refractivity contribution is 7.17. The molecule has 0 saturated heterocycles. The van der Waals surface area contributed by atoms with E-state index in [-0.39, 0.29) is 12.8 Å². The van der Waals surface area contributed by atoms with E-state index in [1.807, 2.05) is 18.2 Å². The van der Waals surface area contributed by atoms with Crippen LogP contribution in [0.25, 0.3) is 0 Å². The number of anilines is 1. The molecule has 23 heavy (non-hydrogen) atoms. The quantitative estimate of drug-likeness (QED) is 0.515. The van der Waals surface area contributed by atoms with Gasteiger partial charge in [0.15, 0.2) is 11.5 Å². The molecule has 2 heterocycles. The number of carbonyl (C=O) groups is 1. The lowest BCUT2D eigenvalue weighted by Gasteiger charge is -1.98. The lowest BCUT2D eigenvalue weighted by atomic mass is 10.2. The minimum Gasteiger partial charge on any atom is -0.462 e. The molecule has 0 spiro atoms. The summed E-state index contributed by atoms with van der Waals surface area (Å²) in [5.41, 5.74) is 4.30. The number of aromatic nitrogens is 1. The minimum atomic E-state index is -0.365. The molecule has 1 aromatic heterocycles. The van der Waals surface area contributed by atoms with Gasteiger partial charge < -0.3 is 14.2 Å². The third kappa shape index (κ3) is 3.42. The molecule has 1 N–H and O–H groups in total. The highest BCUT2D eigenvalue weighted by Crippen LogP contribution is 2.32. The lowest BCUT2D eigenvalue weighted by molar-refractivity contribution is 0.0531. The Morgan fingerprint density at radius 1 is 1.48 bits per heavy atom. The summed E-state index contributed by atoms with van der Waals surface area (Å²) in [6.07, 6.45) is 1.64. The second-order valence-electron chi connectivity index (χ2n) is 4.64. The molecule has 0 radical (unpaired) electrons. The number of rotatable bonds is 5. The second kappa shape index (κ2) is 6.66. The van der Waals surface area contributed by atoms with Gasteiger partial charge in [0.1, 0.15) is 4.88 Å². The van der Waals surface area contributed by atoms with Crippen molar-refractivity contribution in [2.75, 3.05) is 18.8 Å². The third-order valence-electron chi connectivity index (χ3n) is 3.03. The molecular formula is C15H15N3O4S. The summed E-state index contributed by atoms with van der Waals surface area (Å²) in [5.74, 6) is 1.06. The first-order valence-electron chi connectivity index (χ1n) is 7.00. The summed E-state index contributed by atoms with van der Waals surface area (Å²) in [4.78, 5) is 16.5. The van der Waals surface area contributed by atoms with Crippen molar-refractivity contribution in [3.63, 3.8) is 0 Å². The van der Waals surface area contributed by atoms with Crippen LogP contribution in [0.15, 0.2) is 23.3 Å². The van der Waals surface area contributed by atoms with Crippen LogP contribution in [0.1, 0.15) is 27.9 Å². The molecule has 0 fully saturated rings. The number of ether oxygens (including phenoxy) is 3. The monoisotopic (exact) mass is 333 g/mol. The number of nitrogens with one attached hydrogen (secondary N) is 1. The molecule has 8 heteroatoms. The van der Waals surface area contributed by atoms with E-state index in [4.69, 9.17) is 14.2 Å². The Hall–Kier alpha value is -2.61. The number of esters is 1. The van der Waals surface area contributed by atoms with E-state index in [9.17, 15) is 4.79 Å². The summed E-state index contributed by atoms with van der Waals surface area (Å²) in [7, 11) is 0. The standard InChI is InChI=1S/C15H15N3O4S/c1-3-20-14(19)13-9(2)17-15(23-13)18-16-7-10-4-5-11-12(6-10)22-8-21-11/h4-7H,3,8H2,1-2H3,(H,17,18)/b16-7+. The smallest absolute Gasteiger partial charge is 0.350 e. The van der Waals surface area contributed by atoms with Crippen molar-refractivity contribution in [1.82, 2.24) is 4.98 Å². The van der Waals surface area contributed by atoms with Crippen LogP contribution in [0.5, 0.6) is 11.5 Å². The van der Waals surface area contributed by atoms with E-state index in [2.05, 4.69) is 15.5 Å².